The molecule has 2 unspecified atom stereocenters. The van der Waals surface area contributed by atoms with Gasteiger partial charge >= 0.3 is 17.9 Å². The molecular weight excluding hydrogens is 594 g/mol. The summed E-state index contributed by atoms with van der Waals surface area (Å²) in [5, 5.41) is 9.56. The highest BCUT2D eigenvalue weighted by atomic mass is 16.6. The zero-order chi connectivity index (χ0) is 35.0. The summed E-state index contributed by atoms with van der Waals surface area (Å²) in [5.41, 5.74) is 0. The van der Waals surface area contributed by atoms with Crippen LogP contribution in [0.15, 0.2) is 24.3 Å². The smallest absolute Gasteiger partial charge is 0.362 e. The fourth-order valence-electron chi connectivity index (χ4n) is 5.42. The Balaban J connectivity index is 4.40. The Hall–Kier alpha value is -2.19. The molecule has 1 N–H and O–H groups in total. The van der Waals surface area contributed by atoms with Crippen LogP contribution in [0, 0.1) is 0 Å². The summed E-state index contributed by atoms with van der Waals surface area (Å²) in [4.78, 5) is 36.7. The van der Waals surface area contributed by atoms with Crippen molar-refractivity contribution in [3.8, 4) is 0 Å². The van der Waals surface area contributed by atoms with Gasteiger partial charge in [0.05, 0.1) is 34.4 Å². The number of carboxylic acid groups (broad SMARTS) is 1. The van der Waals surface area contributed by atoms with Crippen molar-refractivity contribution >= 4 is 17.9 Å². The number of hydrogen-bond donors (Lipinski definition) is 1. The number of allylic oxidation sites excluding steroid dienone is 4. The van der Waals surface area contributed by atoms with Gasteiger partial charge in [-0.25, -0.2) is 4.79 Å². The molecule has 47 heavy (non-hydrogen) atoms. The molecule has 0 aliphatic heterocycles. The van der Waals surface area contributed by atoms with E-state index in [1.165, 1.54) is 70.6 Å². The SMILES string of the molecule is CC/C=C/C/C=C/CCCCC(=O)OC(COCCC(C(=O)O)[N+](C)(C)C)COC(=O)CCCCCCCCCCCCCCCC. The molecule has 0 radical (unpaired) electrons. The monoisotopic (exact) mass is 667 g/mol. The number of hydrogen-bond acceptors (Lipinski definition) is 6. The summed E-state index contributed by atoms with van der Waals surface area (Å²) in [7, 11) is 5.50. The Morgan fingerprint density at radius 1 is 0.660 bits per heavy atom. The molecule has 274 valence electrons. The molecule has 8 nitrogen and oxygen atoms in total. The number of carbonyl (C=O) groups excluding carboxylic acids is 2. The second-order valence-electron chi connectivity index (χ2n) is 13.8. The number of unbranched alkanes of at least 4 members (excludes halogenated alkanes) is 15. The summed E-state index contributed by atoms with van der Waals surface area (Å²) in [6.07, 6.45) is 30.9. The minimum absolute atomic E-state index is 0.0510. The predicted octanol–water partition coefficient (Wildman–Crippen LogP) is 9.35. The first-order valence-electron chi connectivity index (χ1n) is 18.9. The van der Waals surface area contributed by atoms with Gasteiger partial charge in [0.25, 0.3) is 0 Å². The van der Waals surface area contributed by atoms with Gasteiger partial charge in [-0.1, -0.05) is 122 Å². The van der Waals surface area contributed by atoms with Crippen LogP contribution in [0.4, 0.5) is 0 Å². The van der Waals surface area contributed by atoms with Gasteiger partial charge in [0.2, 0.25) is 0 Å². The molecule has 0 saturated carbocycles. The average molecular weight is 667 g/mol. The molecule has 0 heterocycles. The summed E-state index contributed by atoms with van der Waals surface area (Å²) < 4.78 is 17.1. The molecular formula is C39H72NO7+. The van der Waals surface area contributed by atoms with E-state index in [4.69, 9.17) is 14.2 Å². The Morgan fingerprint density at radius 3 is 1.74 bits per heavy atom. The van der Waals surface area contributed by atoms with Gasteiger partial charge in [0.15, 0.2) is 12.1 Å². The van der Waals surface area contributed by atoms with Gasteiger partial charge in [-0.15, -0.1) is 0 Å². The molecule has 0 saturated heterocycles. The van der Waals surface area contributed by atoms with E-state index in [1.807, 2.05) is 21.1 Å². The van der Waals surface area contributed by atoms with E-state index in [9.17, 15) is 19.5 Å². The van der Waals surface area contributed by atoms with Crippen molar-refractivity contribution in [2.45, 2.75) is 167 Å². The van der Waals surface area contributed by atoms with Gasteiger partial charge in [0, 0.05) is 19.3 Å². The van der Waals surface area contributed by atoms with Crippen LogP contribution >= 0.6 is 0 Å². The van der Waals surface area contributed by atoms with Crippen LogP contribution in [0.1, 0.15) is 155 Å². The van der Waals surface area contributed by atoms with Crippen molar-refractivity contribution in [2.24, 2.45) is 0 Å². The summed E-state index contributed by atoms with van der Waals surface area (Å²) >= 11 is 0. The third-order valence-electron chi connectivity index (χ3n) is 8.37. The Labute approximate surface area is 288 Å². The highest BCUT2D eigenvalue weighted by Gasteiger charge is 2.31. The minimum Gasteiger partial charge on any atom is -0.477 e. The maximum absolute atomic E-state index is 12.6. The highest BCUT2D eigenvalue weighted by molar-refractivity contribution is 5.72. The Kier molecular flexibility index (Phi) is 29.7. The molecule has 0 aromatic heterocycles. The van der Waals surface area contributed by atoms with E-state index in [1.54, 1.807) is 0 Å². The molecule has 0 aromatic rings. The fourth-order valence-corrected chi connectivity index (χ4v) is 5.42. The lowest BCUT2D eigenvalue weighted by atomic mass is 10.0. The van der Waals surface area contributed by atoms with Gasteiger partial charge in [-0.2, -0.15) is 0 Å². The first-order valence-corrected chi connectivity index (χ1v) is 18.9. The van der Waals surface area contributed by atoms with Crippen molar-refractivity contribution in [1.29, 1.82) is 0 Å². The normalized spacial score (nSPS) is 13.3. The number of esters is 2. The van der Waals surface area contributed by atoms with Crippen molar-refractivity contribution in [3.63, 3.8) is 0 Å². The van der Waals surface area contributed by atoms with Gasteiger partial charge in [-0.3, -0.25) is 9.59 Å². The van der Waals surface area contributed by atoms with Crippen LogP contribution in [0.5, 0.6) is 0 Å². The van der Waals surface area contributed by atoms with Gasteiger partial charge in [0.1, 0.15) is 6.61 Å². The molecule has 0 fully saturated rings. The van der Waals surface area contributed by atoms with Crippen molar-refractivity contribution < 1.29 is 38.2 Å². The largest absolute Gasteiger partial charge is 0.477 e. The summed E-state index contributed by atoms with van der Waals surface area (Å²) in [5.74, 6) is -1.51. The van der Waals surface area contributed by atoms with E-state index in [-0.39, 0.29) is 42.7 Å². The first kappa shape index (κ1) is 44.8. The molecule has 0 spiro atoms. The molecule has 2 atom stereocenters. The Morgan fingerprint density at radius 2 is 1.19 bits per heavy atom. The van der Waals surface area contributed by atoms with Crippen LogP contribution in [-0.2, 0) is 28.6 Å². The second kappa shape index (κ2) is 31.1. The zero-order valence-electron chi connectivity index (χ0n) is 31.0. The average Bonchev–Trinajstić information content (AvgIpc) is 3.01. The molecule has 0 amide bonds. The van der Waals surface area contributed by atoms with E-state index in [0.717, 1.165) is 44.9 Å². The number of ether oxygens (including phenoxy) is 3. The number of aliphatic carboxylic acids is 1. The van der Waals surface area contributed by atoms with E-state index in [0.29, 0.717) is 19.3 Å². The molecule has 0 aliphatic rings. The molecule has 0 bridgehead atoms. The van der Waals surface area contributed by atoms with E-state index in [2.05, 4.69) is 38.2 Å². The minimum atomic E-state index is -0.881. The number of nitrogens with zero attached hydrogens (tertiary/aromatic N) is 1. The third kappa shape index (κ3) is 29.7. The van der Waals surface area contributed by atoms with Crippen molar-refractivity contribution in [3.05, 3.63) is 24.3 Å². The summed E-state index contributed by atoms with van der Waals surface area (Å²) in [6.45, 7) is 4.56. The van der Waals surface area contributed by atoms with Gasteiger partial charge in [-0.05, 0) is 38.5 Å². The maximum Gasteiger partial charge on any atom is 0.362 e. The zero-order valence-corrected chi connectivity index (χ0v) is 31.0. The predicted molar refractivity (Wildman–Crippen MR) is 192 cm³/mol. The van der Waals surface area contributed by atoms with Crippen LogP contribution in [0.25, 0.3) is 0 Å². The fraction of sp³-hybridized carbons (Fsp3) is 0.821. The lowest BCUT2D eigenvalue weighted by molar-refractivity contribution is -0.887. The molecule has 8 heteroatoms. The standard InChI is InChI=1S/C39H71NO7/c1-6-8-10-12-14-16-17-18-19-20-22-23-25-27-29-37(41)46-34-35(33-45-32-31-36(39(43)44)40(3,4)5)47-38(42)30-28-26-24-21-15-13-11-9-7-2/h9,11,15,21,35-36H,6-8,10,12-14,16-20,22-34H2,1-5H3/p+1/b11-9+,21-15+. The Bertz CT molecular complexity index is 834. The van der Waals surface area contributed by atoms with Crippen molar-refractivity contribution in [2.75, 3.05) is 41.0 Å². The number of quaternary nitrogens is 1. The van der Waals surface area contributed by atoms with Crippen LogP contribution in [0.2, 0.25) is 0 Å². The lowest BCUT2D eigenvalue weighted by Gasteiger charge is -2.31. The highest BCUT2D eigenvalue weighted by Crippen LogP contribution is 2.14. The van der Waals surface area contributed by atoms with E-state index < -0.39 is 18.1 Å². The van der Waals surface area contributed by atoms with Crippen LogP contribution in [-0.4, -0.2) is 80.6 Å². The number of carbonyl (C=O) groups is 3. The molecule has 0 aromatic carbocycles. The first-order chi connectivity index (χ1) is 22.6. The van der Waals surface area contributed by atoms with E-state index >= 15 is 0 Å². The topological polar surface area (TPSA) is 99.1 Å². The van der Waals surface area contributed by atoms with Gasteiger partial charge < -0.3 is 23.8 Å². The summed E-state index contributed by atoms with van der Waals surface area (Å²) in [6, 6.07) is -0.615. The number of likely N-dealkylation sites (N-methyl/N-ethyl adjacent to an activating group) is 1. The number of carboxylic acids is 1. The van der Waals surface area contributed by atoms with Crippen molar-refractivity contribution in [1.82, 2.24) is 0 Å². The third-order valence-corrected chi connectivity index (χ3v) is 8.37. The molecule has 0 aliphatic carbocycles. The van der Waals surface area contributed by atoms with Crippen LogP contribution in [0.3, 0.4) is 0 Å². The molecule has 0 rings (SSSR count). The second-order valence-corrected chi connectivity index (χ2v) is 13.8. The lowest BCUT2D eigenvalue weighted by Crippen LogP contribution is -2.50. The number of rotatable bonds is 33. The van der Waals surface area contributed by atoms with Crippen LogP contribution < -0.4 is 0 Å². The maximum atomic E-state index is 12.6. The quantitative estimate of drug-likeness (QED) is 0.0322.